The number of carbonyl (C=O) groups is 1. The summed E-state index contributed by atoms with van der Waals surface area (Å²) in [6.45, 7) is 2.66. The van der Waals surface area contributed by atoms with Gasteiger partial charge in [0, 0.05) is 31.2 Å². The van der Waals surface area contributed by atoms with Crippen molar-refractivity contribution in [1.82, 2.24) is 20.2 Å². The fourth-order valence-electron chi connectivity index (χ4n) is 4.90. The maximum Gasteiger partial charge on any atom is 0.281 e. The molecule has 0 unspecified atom stereocenters. The minimum Gasteiger partial charge on any atom is -0.431 e. The number of carbonyl (C=O) groups excluding carboxylic acids is 1. The standard InChI is InChI=1S/C23H26N4O2S/c1-15(28)27-18-6-7-19(27)14-17(13-18)24-12-10-16-4-8-20(9-5-16)29-23-26-22-21(30-23)3-2-11-25-22/h2-5,8-9,11,17-19,24H,6-7,10,12-14H2,1H3/t17-,18-,19+. The molecule has 3 aromatic rings. The summed E-state index contributed by atoms with van der Waals surface area (Å²) < 4.78 is 6.92. The van der Waals surface area contributed by atoms with Crippen LogP contribution in [0.15, 0.2) is 42.6 Å². The number of pyridine rings is 1. The van der Waals surface area contributed by atoms with Crippen LogP contribution >= 0.6 is 11.3 Å². The Hall–Kier alpha value is -2.51. The summed E-state index contributed by atoms with van der Waals surface area (Å²) in [5.41, 5.74) is 2.01. The predicted octanol–water partition coefficient (Wildman–Crippen LogP) is 4.16. The van der Waals surface area contributed by atoms with Crippen molar-refractivity contribution in [2.75, 3.05) is 6.54 Å². The van der Waals surface area contributed by atoms with Crippen molar-refractivity contribution in [3.05, 3.63) is 48.2 Å². The monoisotopic (exact) mass is 422 g/mol. The van der Waals surface area contributed by atoms with Gasteiger partial charge in [-0.05, 0) is 68.5 Å². The second-order valence-electron chi connectivity index (χ2n) is 8.23. The Balaban J connectivity index is 1.11. The maximum atomic E-state index is 11.8. The molecule has 3 atom stereocenters. The van der Waals surface area contributed by atoms with Crippen LogP contribution in [0.5, 0.6) is 10.9 Å². The molecule has 2 saturated heterocycles. The molecule has 1 amide bonds. The van der Waals surface area contributed by atoms with Gasteiger partial charge in [-0.15, -0.1) is 0 Å². The van der Waals surface area contributed by atoms with Gasteiger partial charge in [0.2, 0.25) is 5.91 Å². The molecule has 2 aliphatic heterocycles. The van der Waals surface area contributed by atoms with E-state index in [0.29, 0.717) is 23.3 Å². The van der Waals surface area contributed by atoms with Gasteiger partial charge in [0.1, 0.15) is 5.75 Å². The molecular formula is C23H26N4O2S. The molecule has 2 bridgehead atoms. The van der Waals surface area contributed by atoms with E-state index in [9.17, 15) is 4.79 Å². The summed E-state index contributed by atoms with van der Waals surface area (Å²) in [5.74, 6) is 1.03. The number of ether oxygens (including phenoxy) is 1. The zero-order chi connectivity index (χ0) is 20.5. The summed E-state index contributed by atoms with van der Waals surface area (Å²) in [4.78, 5) is 22.6. The third kappa shape index (κ3) is 4.04. The molecule has 6 nitrogen and oxygen atoms in total. The van der Waals surface area contributed by atoms with Crippen molar-refractivity contribution in [3.8, 4) is 10.9 Å². The number of hydrogen-bond acceptors (Lipinski definition) is 6. The summed E-state index contributed by atoms with van der Waals surface area (Å²) in [7, 11) is 0. The first kappa shape index (κ1) is 19.5. The molecule has 0 radical (unpaired) electrons. The van der Waals surface area contributed by atoms with Crippen molar-refractivity contribution in [2.45, 2.75) is 57.2 Å². The highest BCUT2D eigenvalue weighted by molar-refractivity contribution is 7.20. The smallest absolute Gasteiger partial charge is 0.281 e. The van der Waals surface area contributed by atoms with Crippen LogP contribution in [0.25, 0.3) is 10.3 Å². The molecule has 2 fully saturated rings. The Bertz CT molecular complexity index is 988. The van der Waals surface area contributed by atoms with Crippen LogP contribution in [0.3, 0.4) is 0 Å². The number of nitrogens with zero attached hydrogens (tertiary/aromatic N) is 3. The molecule has 2 aliphatic rings. The highest BCUT2D eigenvalue weighted by Crippen LogP contribution is 2.35. The highest BCUT2D eigenvalue weighted by atomic mass is 32.1. The van der Waals surface area contributed by atoms with Gasteiger partial charge in [-0.2, -0.15) is 4.98 Å². The van der Waals surface area contributed by atoms with Crippen LogP contribution in [0.2, 0.25) is 0 Å². The largest absolute Gasteiger partial charge is 0.431 e. The molecule has 1 N–H and O–H groups in total. The van der Waals surface area contributed by atoms with Crippen molar-refractivity contribution < 1.29 is 9.53 Å². The van der Waals surface area contributed by atoms with Gasteiger partial charge in [0.25, 0.3) is 5.19 Å². The summed E-state index contributed by atoms with van der Waals surface area (Å²) in [6, 6.07) is 13.5. The molecule has 1 aromatic carbocycles. The van der Waals surface area contributed by atoms with Crippen LogP contribution in [-0.4, -0.2) is 45.4 Å². The van der Waals surface area contributed by atoms with E-state index in [4.69, 9.17) is 4.74 Å². The number of benzene rings is 1. The number of thiazole rings is 1. The third-order valence-corrected chi connectivity index (χ3v) is 7.11. The lowest BCUT2D eigenvalue weighted by molar-refractivity contribution is -0.133. The van der Waals surface area contributed by atoms with Gasteiger partial charge in [-0.3, -0.25) is 4.79 Å². The van der Waals surface area contributed by atoms with Crippen molar-refractivity contribution in [1.29, 1.82) is 0 Å². The lowest BCUT2D eigenvalue weighted by atomic mass is 9.97. The quantitative estimate of drug-likeness (QED) is 0.646. The van der Waals surface area contributed by atoms with Crippen molar-refractivity contribution in [2.24, 2.45) is 0 Å². The fraction of sp³-hybridized carbons (Fsp3) is 0.435. The Morgan fingerprint density at radius 3 is 2.67 bits per heavy atom. The molecular weight excluding hydrogens is 396 g/mol. The first-order chi connectivity index (χ1) is 14.7. The van der Waals surface area contributed by atoms with Crippen LogP contribution in [-0.2, 0) is 11.2 Å². The summed E-state index contributed by atoms with van der Waals surface area (Å²) >= 11 is 1.50. The zero-order valence-corrected chi connectivity index (χ0v) is 17.9. The topological polar surface area (TPSA) is 67.4 Å². The Morgan fingerprint density at radius 2 is 1.97 bits per heavy atom. The van der Waals surface area contributed by atoms with Crippen LogP contribution < -0.4 is 10.1 Å². The SMILES string of the molecule is CC(=O)N1[C@@H]2CC[C@H]1C[C@H](NCCc1ccc(Oc3nc4ncccc4s3)cc1)C2. The van der Waals surface area contributed by atoms with E-state index in [0.717, 1.165) is 54.7 Å². The van der Waals surface area contributed by atoms with Crippen LogP contribution in [0, 0.1) is 0 Å². The van der Waals surface area contributed by atoms with E-state index in [1.807, 2.05) is 24.3 Å². The molecule has 2 aromatic heterocycles. The Labute approximate surface area is 180 Å². The molecule has 156 valence electrons. The van der Waals surface area contributed by atoms with Gasteiger partial charge in [-0.25, -0.2) is 4.98 Å². The molecule has 0 spiro atoms. The molecule has 0 saturated carbocycles. The van der Waals surface area contributed by atoms with Gasteiger partial charge in [-0.1, -0.05) is 23.5 Å². The van der Waals surface area contributed by atoms with Gasteiger partial charge >= 0.3 is 0 Å². The van der Waals surface area contributed by atoms with Crippen LogP contribution in [0.1, 0.15) is 38.2 Å². The maximum absolute atomic E-state index is 11.8. The van der Waals surface area contributed by atoms with Gasteiger partial charge in [0.15, 0.2) is 5.65 Å². The average molecular weight is 423 g/mol. The van der Waals surface area contributed by atoms with Crippen LogP contribution in [0.4, 0.5) is 0 Å². The molecule has 4 heterocycles. The number of hydrogen-bond donors (Lipinski definition) is 1. The first-order valence-electron chi connectivity index (χ1n) is 10.7. The molecule has 30 heavy (non-hydrogen) atoms. The van der Waals surface area contributed by atoms with Crippen molar-refractivity contribution >= 4 is 27.6 Å². The molecule has 7 heteroatoms. The third-order valence-electron chi connectivity index (χ3n) is 6.22. The zero-order valence-electron chi connectivity index (χ0n) is 17.1. The second-order valence-corrected chi connectivity index (χ2v) is 9.23. The number of fused-ring (bicyclic) bond motifs is 3. The Kier molecular flexibility index (Phi) is 5.39. The number of piperidine rings is 1. The minimum absolute atomic E-state index is 0.241. The van der Waals surface area contributed by atoms with E-state index in [2.05, 4.69) is 32.3 Å². The summed E-state index contributed by atoms with van der Waals surface area (Å²) in [6.07, 6.45) is 7.21. The average Bonchev–Trinajstić information content (AvgIpc) is 3.27. The number of aromatic nitrogens is 2. The highest BCUT2D eigenvalue weighted by Gasteiger charge is 2.41. The van der Waals surface area contributed by atoms with E-state index >= 15 is 0 Å². The van der Waals surface area contributed by atoms with E-state index < -0.39 is 0 Å². The van der Waals surface area contributed by atoms with E-state index in [1.165, 1.54) is 16.9 Å². The molecule has 5 rings (SSSR count). The predicted molar refractivity (Wildman–Crippen MR) is 118 cm³/mol. The number of rotatable bonds is 6. The van der Waals surface area contributed by atoms with Crippen molar-refractivity contribution in [3.63, 3.8) is 0 Å². The fourth-order valence-corrected chi connectivity index (χ4v) is 5.69. The lowest BCUT2D eigenvalue weighted by Gasteiger charge is -2.38. The van der Waals surface area contributed by atoms with E-state index in [-0.39, 0.29) is 5.91 Å². The molecule has 0 aliphatic carbocycles. The minimum atomic E-state index is 0.241. The normalized spacial score (nSPS) is 23.1. The Morgan fingerprint density at radius 1 is 1.20 bits per heavy atom. The van der Waals surface area contributed by atoms with Gasteiger partial charge < -0.3 is 15.0 Å². The number of nitrogens with one attached hydrogen (secondary N) is 1. The first-order valence-corrected chi connectivity index (χ1v) is 11.5. The lowest BCUT2D eigenvalue weighted by Crippen LogP contribution is -2.51. The number of amides is 1. The second kappa shape index (κ2) is 8.32. The summed E-state index contributed by atoms with van der Waals surface area (Å²) in [5, 5.41) is 4.33. The van der Waals surface area contributed by atoms with Gasteiger partial charge in [0.05, 0.1) is 4.70 Å². The van der Waals surface area contributed by atoms with E-state index in [1.54, 1.807) is 13.1 Å².